The molecule has 0 saturated heterocycles. The van der Waals surface area contributed by atoms with Crippen molar-refractivity contribution < 1.29 is 4.39 Å². The number of aromatic nitrogens is 3. The van der Waals surface area contributed by atoms with Crippen molar-refractivity contribution in [3.05, 3.63) is 54.6 Å². The van der Waals surface area contributed by atoms with Crippen molar-refractivity contribution in [2.24, 2.45) is 7.05 Å². The highest BCUT2D eigenvalue weighted by atomic mass is 19.1. The molecule has 3 aromatic rings. The first-order valence-electron chi connectivity index (χ1n) is 6.15. The van der Waals surface area contributed by atoms with Crippen LogP contribution in [0.25, 0.3) is 22.4 Å². The molecular formula is C15H13FN4. The van der Waals surface area contributed by atoms with Gasteiger partial charge in [-0.2, -0.15) is 5.10 Å². The molecule has 0 fully saturated rings. The largest absolute Gasteiger partial charge is 0.383 e. The number of hydrogen-bond donors (Lipinski definition) is 1. The third kappa shape index (κ3) is 2.03. The molecule has 0 saturated carbocycles. The van der Waals surface area contributed by atoms with Crippen LogP contribution in [0.5, 0.6) is 0 Å². The third-order valence-electron chi connectivity index (χ3n) is 3.13. The van der Waals surface area contributed by atoms with Crippen molar-refractivity contribution in [3.63, 3.8) is 0 Å². The summed E-state index contributed by atoms with van der Waals surface area (Å²) in [6.07, 6.45) is 2.75. The van der Waals surface area contributed by atoms with Crippen molar-refractivity contribution in [1.82, 2.24) is 14.8 Å². The van der Waals surface area contributed by atoms with Crippen LogP contribution in [0.2, 0.25) is 0 Å². The van der Waals surface area contributed by atoms with Crippen LogP contribution in [-0.4, -0.2) is 14.8 Å². The van der Waals surface area contributed by atoms with Gasteiger partial charge in [-0.05, 0) is 11.6 Å². The number of anilines is 1. The van der Waals surface area contributed by atoms with E-state index >= 15 is 0 Å². The van der Waals surface area contributed by atoms with E-state index in [-0.39, 0.29) is 0 Å². The number of aryl methyl sites for hydroxylation is 1. The van der Waals surface area contributed by atoms with Crippen LogP contribution in [0.4, 0.5) is 10.2 Å². The van der Waals surface area contributed by atoms with Gasteiger partial charge in [0.2, 0.25) is 0 Å². The predicted octanol–water partition coefficient (Wildman–Crippen LogP) is 2.87. The molecule has 2 aromatic heterocycles. The van der Waals surface area contributed by atoms with Gasteiger partial charge >= 0.3 is 0 Å². The van der Waals surface area contributed by atoms with Gasteiger partial charge in [-0.25, -0.2) is 4.39 Å². The third-order valence-corrected chi connectivity index (χ3v) is 3.13. The maximum absolute atomic E-state index is 13.4. The van der Waals surface area contributed by atoms with Crippen LogP contribution < -0.4 is 5.73 Å². The average molecular weight is 268 g/mol. The highest BCUT2D eigenvalue weighted by Gasteiger charge is 2.17. The zero-order chi connectivity index (χ0) is 14.1. The SMILES string of the molecule is Cn1nc(-c2cncc(F)c2)c(-c2ccccc2)c1N. The fourth-order valence-corrected chi connectivity index (χ4v) is 2.17. The first-order chi connectivity index (χ1) is 9.66. The minimum absolute atomic E-state index is 0.397. The van der Waals surface area contributed by atoms with Crippen LogP contribution in [0.15, 0.2) is 48.8 Å². The van der Waals surface area contributed by atoms with Gasteiger partial charge in [0.15, 0.2) is 0 Å². The van der Waals surface area contributed by atoms with Gasteiger partial charge in [-0.15, -0.1) is 0 Å². The second kappa shape index (κ2) is 4.77. The predicted molar refractivity (Wildman–Crippen MR) is 76.2 cm³/mol. The van der Waals surface area contributed by atoms with E-state index in [0.717, 1.165) is 17.3 Å². The van der Waals surface area contributed by atoms with Crippen LogP contribution >= 0.6 is 0 Å². The Labute approximate surface area is 115 Å². The van der Waals surface area contributed by atoms with E-state index in [1.54, 1.807) is 17.9 Å². The second-order valence-corrected chi connectivity index (χ2v) is 4.49. The lowest BCUT2D eigenvalue weighted by Gasteiger charge is -2.04. The number of rotatable bonds is 2. The Morgan fingerprint density at radius 3 is 2.55 bits per heavy atom. The lowest BCUT2D eigenvalue weighted by molar-refractivity contribution is 0.622. The molecule has 0 aliphatic rings. The molecule has 20 heavy (non-hydrogen) atoms. The number of nitrogens with two attached hydrogens (primary N) is 1. The standard InChI is InChI=1S/C15H13FN4/c1-20-15(17)13(10-5-3-2-4-6-10)14(19-20)11-7-12(16)9-18-8-11/h2-9H,17H2,1H3. The normalized spacial score (nSPS) is 10.7. The fraction of sp³-hybridized carbons (Fsp3) is 0.0667. The summed E-state index contributed by atoms with van der Waals surface area (Å²) in [6, 6.07) is 11.1. The summed E-state index contributed by atoms with van der Waals surface area (Å²) < 4.78 is 15.0. The van der Waals surface area contributed by atoms with Crippen LogP contribution in [0.1, 0.15) is 0 Å². The van der Waals surface area contributed by atoms with E-state index in [1.165, 1.54) is 6.07 Å². The Balaban J connectivity index is 2.25. The number of halogens is 1. The smallest absolute Gasteiger partial charge is 0.142 e. The van der Waals surface area contributed by atoms with Gasteiger partial charge < -0.3 is 5.73 Å². The summed E-state index contributed by atoms with van der Waals surface area (Å²) in [4.78, 5) is 3.87. The topological polar surface area (TPSA) is 56.7 Å². The lowest BCUT2D eigenvalue weighted by atomic mass is 10.0. The molecular weight excluding hydrogens is 255 g/mol. The molecule has 5 heteroatoms. The van der Waals surface area contributed by atoms with Gasteiger partial charge in [0.1, 0.15) is 17.3 Å². The van der Waals surface area contributed by atoms with Gasteiger partial charge in [-0.3, -0.25) is 9.67 Å². The molecule has 0 aliphatic carbocycles. The first kappa shape index (κ1) is 12.3. The maximum atomic E-state index is 13.4. The molecule has 1 aromatic carbocycles. The quantitative estimate of drug-likeness (QED) is 0.777. The Bertz CT molecular complexity index is 750. The Kier molecular flexibility index (Phi) is 2.95. The van der Waals surface area contributed by atoms with Gasteiger partial charge in [0.05, 0.1) is 11.8 Å². The Hall–Kier alpha value is -2.69. The van der Waals surface area contributed by atoms with Gasteiger partial charge in [-0.1, -0.05) is 30.3 Å². The molecule has 0 amide bonds. The molecule has 100 valence electrons. The molecule has 4 nitrogen and oxygen atoms in total. The van der Waals surface area contributed by atoms with E-state index in [4.69, 9.17) is 5.73 Å². The Morgan fingerprint density at radius 2 is 1.85 bits per heavy atom. The van der Waals surface area contributed by atoms with Crippen LogP contribution in [-0.2, 0) is 7.05 Å². The number of nitrogens with zero attached hydrogens (tertiary/aromatic N) is 3. The summed E-state index contributed by atoms with van der Waals surface area (Å²) in [5.74, 6) is 0.140. The molecule has 2 heterocycles. The molecule has 0 radical (unpaired) electrons. The molecule has 0 unspecified atom stereocenters. The summed E-state index contributed by atoms with van der Waals surface area (Å²) in [7, 11) is 1.76. The van der Waals surface area contributed by atoms with Crippen molar-refractivity contribution >= 4 is 5.82 Å². The Morgan fingerprint density at radius 1 is 1.10 bits per heavy atom. The van der Waals surface area contributed by atoms with E-state index in [0.29, 0.717) is 17.1 Å². The minimum atomic E-state index is -0.397. The molecule has 3 rings (SSSR count). The van der Waals surface area contributed by atoms with E-state index in [9.17, 15) is 4.39 Å². The lowest BCUT2D eigenvalue weighted by Crippen LogP contribution is -1.97. The summed E-state index contributed by atoms with van der Waals surface area (Å²) >= 11 is 0. The van der Waals surface area contributed by atoms with Gasteiger partial charge in [0, 0.05) is 18.8 Å². The van der Waals surface area contributed by atoms with Crippen molar-refractivity contribution in [3.8, 4) is 22.4 Å². The number of pyridine rings is 1. The zero-order valence-corrected chi connectivity index (χ0v) is 10.9. The van der Waals surface area contributed by atoms with Crippen molar-refractivity contribution in [1.29, 1.82) is 0 Å². The second-order valence-electron chi connectivity index (χ2n) is 4.49. The van der Waals surface area contributed by atoms with E-state index < -0.39 is 5.82 Å². The summed E-state index contributed by atoms with van der Waals surface area (Å²) in [6.45, 7) is 0. The maximum Gasteiger partial charge on any atom is 0.142 e. The number of benzene rings is 1. The highest BCUT2D eigenvalue weighted by molar-refractivity contribution is 5.87. The fourth-order valence-electron chi connectivity index (χ4n) is 2.17. The summed E-state index contributed by atoms with van der Waals surface area (Å²) in [5, 5.41) is 4.38. The molecule has 0 spiro atoms. The molecule has 2 N–H and O–H groups in total. The monoisotopic (exact) mass is 268 g/mol. The van der Waals surface area contributed by atoms with Crippen molar-refractivity contribution in [2.45, 2.75) is 0 Å². The van der Waals surface area contributed by atoms with Crippen molar-refractivity contribution in [2.75, 3.05) is 5.73 Å². The molecule has 0 atom stereocenters. The zero-order valence-electron chi connectivity index (χ0n) is 10.9. The van der Waals surface area contributed by atoms with Gasteiger partial charge in [0.25, 0.3) is 0 Å². The average Bonchev–Trinajstić information content (AvgIpc) is 2.76. The molecule has 0 bridgehead atoms. The summed E-state index contributed by atoms with van der Waals surface area (Å²) in [5.41, 5.74) is 9.07. The van der Waals surface area contributed by atoms with E-state index in [1.807, 2.05) is 30.3 Å². The number of nitrogen functional groups attached to an aromatic ring is 1. The molecule has 0 aliphatic heterocycles. The first-order valence-corrected chi connectivity index (χ1v) is 6.15. The highest BCUT2D eigenvalue weighted by Crippen LogP contribution is 2.35. The van der Waals surface area contributed by atoms with E-state index in [2.05, 4.69) is 10.1 Å². The van der Waals surface area contributed by atoms with Crippen LogP contribution in [0, 0.1) is 5.82 Å². The number of hydrogen-bond acceptors (Lipinski definition) is 3. The van der Waals surface area contributed by atoms with Crippen LogP contribution in [0.3, 0.4) is 0 Å². The minimum Gasteiger partial charge on any atom is -0.383 e.